The van der Waals surface area contributed by atoms with Gasteiger partial charge in [-0.25, -0.2) is 0 Å². The van der Waals surface area contributed by atoms with Crippen molar-refractivity contribution in [2.75, 3.05) is 0 Å². The van der Waals surface area contributed by atoms with Gasteiger partial charge in [0.25, 0.3) is 0 Å². The third kappa shape index (κ3) is 2.97. The van der Waals surface area contributed by atoms with Crippen LogP contribution in [0.2, 0.25) is 0 Å². The molecule has 3 rings (SSSR count). The normalized spacial score (nSPS) is 10.8. The van der Waals surface area contributed by atoms with E-state index in [1.165, 1.54) is 0 Å². The van der Waals surface area contributed by atoms with Crippen LogP contribution in [-0.4, -0.2) is 10.2 Å². The summed E-state index contributed by atoms with van der Waals surface area (Å²) in [5.74, 6) is 2.06. The SMILES string of the molecule is CC(C)c1cc(-c2ccccc2Oc2ccccc2)n[nH]1. The molecule has 1 heterocycles. The first kappa shape index (κ1) is 13.4. The van der Waals surface area contributed by atoms with Gasteiger partial charge in [-0.1, -0.05) is 44.2 Å². The lowest BCUT2D eigenvalue weighted by Gasteiger charge is -2.09. The zero-order valence-corrected chi connectivity index (χ0v) is 12.2. The molecular formula is C18H18N2O. The van der Waals surface area contributed by atoms with Crippen LogP contribution in [0.4, 0.5) is 0 Å². The van der Waals surface area contributed by atoms with E-state index in [9.17, 15) is 0 Å². The van der Waals surface area contributed by atoms with Gasteiger partial charge in [-0.15, -0.1) is 0 Å². The Balaban J connectivity index is 1.95. The number of aromatic amines is 1. The third-order valence-corrected chi connectivity index (χ3v) is 3.35. The number of para-hydroxylation sites is 2. The Labute approximate surface area is 124 Å². The zero-order valence-electron chi connectivity index (χ0n) is 12.2. The zero-order chi connectivity index (χ0) is 14.7. The maximum absolute atomic E-state index is 5.98. The average Bonchev–Trinajstić information content (AvgIpc) is 2.99. The van der Waals surface area contributed by atoms with Gasteiger partial charge in [0.15, 0.2) is 0 Å². The van der Waals surface area contributed by atoms with Crippen molar-refractivity contribution in [2.45, 2.75) is 19.8 Å². The van der Waals surface area contributed by atoms with Crippen LogP contribution in [-0.2, 0) is 0 Å². The maximum Gasteiger partial charge on any atom is 0.136 e. The van der Waals surface area contributed by atoms with Crippen molar-refractivity contribution in [1.82, 2.24) is 10.2 Å². The van der Waals surface area contributed by atoms with Crippen LogP contribution >= 0.6 is 0 Å². The molecule has 0 atom stereocenters. The molecule has 0 aliphatic carbocycles. The van der Waals surface area contributed by atoms with Crippen molar-refractivity contribution in [3.63, 3.8) is 0 Å². The van der Waals surface area contributed by atoms with E-state index in [4.69, 9.17) is 4.74 Å². The van der Waals surface area contributed by atoms with Crippen molar-refractivity contribution in [3.8, 4) is 22.8 Å². The summed E-state index contributed by atoms with van der Waals surface area (Å²) in [6.45, 7) is 4.29. The molecule has 3 heteroatoms. The summed E-state index contributed by atoms with van der Waals surface area (Å²) in [4.78, 5) is 0. The molecule has 0 bridgehead atoms. The van der Waals surface area contributed by atoms with Crippen LogP contribution in [0.25, 0.3) is 11.3 Å². The number of H-pyrrole nitrogens is 1. The summed E-state index contributed by atoms with van der Waals surface area (Å²) in [6, 6.07) is 19.8. The van der Waals surface area contributed by atoms with Crippen LogP contribution in [0.3, 0.4) is 0 Å². The smallest absolute Gasteiger partial charge is 0.136 e. The minimum Gasteiger partial charge on any atom is -0.457 e. The first-order chi connectivity index (χ1) is 10.2. The molecule has 3 nitrogen and oxygen atoms in total. The average molecular weight is 278 g/mol. The molecular weight excluding hydrogens is 260 g/mol. The number of hydrogen-bond donors (Lipinski definition) is 1. The van der Waals surface area contributed by atoms with Gasteiger partial charge in [-0.3, -0.25) is 5.10 Å². The van der Waals surface area contributed by atoms with E-state index in [0.29, 0.717) is 5.92 Å². The second-order valence-corrected chi connectivity index (χ2v) is 5.27. The summed E-state index contributed by atoms with van der Waals surface area (Å²) < 4.78 is 5.98. The van der Waals surface area contributed by atoms with Crippen molar-refractivity contribution in [3.05, 3.63) is 66.4 Å². The number of nitrogens with one attached hydrogen (secondary N) is 1. The lowest BCUT2D eigenvalue weighted by molar-refractivity contribution is 0.484. The molecule has 0 unspecified atom stereocenters. The van der Waals surface area contributed by atoms with Crippen LogP contribution in [0.5, 0.6) is 11.5 Å². The molecule has 0 aliphatic heterocycles. The van der Waals surface area contributed by atoms with Gasteiger partial charge < -0.3 is 4.74 Å². The summed E-state index contributed by atoms with van der Waals surface area (Å²) in [5, 5.41) is 7.49. The third-order valence-electron chi connectivity index (χ3n) is 3.35. The molecule has 106 valence electrons. The molecule has 21 heavy (non-hydrogen) atoms. The highest BCUT2D eigenvalue weighted by atomic mass is 16.5. The van der Waals surface area contributed by atoms with E-state index in [-0.39, 0.29) is 0 Å². The Kier molecular flexibility index (Phi) is 3.73. The van der Waals surface area contributed by atoms with Gasteiger partial charge in [-0.2, -0.15) is 5.10 Å². The lowest BCUT2D eigenvalue weighted by Crippen LogP contribution is -1.88. The van der Waals surface area contributed by atoms with Crippen molar-refractivity contribution in [2.24, 2.45) is 0 Å². The van der Waals surface area contributed by atoms with Crippen LogP contribution in [0.1, 0.15) is 25.5 Å². The van der Waals surface area contributed by atoms with E-state index in [1.807, 2.05) is 54.6 Å². The predicted molar refractivity (Wildman–Crippen MR) is 84.6 cm³/mol. The summed E-state index contributed by atoms with van der Waals surface area (Å²) in [7, 11) is 0. The first-order valence-corrected chi connectivity index (χ1v) is 7.11. The molecule has 0 aliphatic rings. The summed E-state index contributed by atoms with van der Waals surface area (Å²) in [5.41, 5.74) is 3.02. The van der Waals surface area contributed by atoms with Crippen molar-refractivity contribution >= 4 is 0 Å². The van der Waals surface area contributed by atoms with E-state index in [2.05, 4.69) is 30.1 Å². The fourth-order valence-electron chi connectivity index (χ4n) is 2.15. The minimum atomic E-state index is 0.424. The second-order valence-electron chi connectivity index (χ2n) is 5.27. The highest BCUT2D eigenvalue weighted by molar-refractivity contribution is 5.67. The largest absolute Gasteiger partial charge is 0.457 e. The highest BCUT2D eigenvalue weighted by Crippen LogP contribution is 2.33. The molecule has 2 aromatic carbocycles. The maximum atomic E-state index is 5.98. The summed E-state index contributed by atoms with van der Waals surface area (Å²) in [6.07, 6.45) is 0. The molecule has 1 aromatic heterocycles. The standard InChI is InChI=1S/C18H18N2O/c1-13(2)16-12-17(20-19-16)15-10-6-7-11-18(15)21-14-8-4-3-5-9-14/h3-13H,1-2H3,(H,19,20). The number of hydrogen-bond acceptors (Lipinski definition) is 2. The Morgan fingerprint density at radius 2 is 1.67 bits per heavy atom. The van der Waals surface area contributed by atoms with E-state index >= 15 is 0 Å². The molecule has 3 aromatic rings. The quantitative estimate of drug-likeness (QED) is 0.729. The molecule has 0 radical (unpaired) electrons. The summed E-state index contributed by atoms with van der Waals surface area (Å²) >= 11 is 0. The fourth-order valence-corrected chi connectivity index (χ4v) is 2.15. The number of benzene rings is 2. The van der Waals surface area contributed by atoms with E-state index < -0.39 is 0 Å². The highest BCUT2D eigenvalue weighted by Gasteiger charge is 2.11. The molecule has 0 saturated heterocycles. The number of ether oxygens (including phenoxy) is 1. The van der Waals surface area contributed by atoms with Crippen molar-refractivity contribution < 1.29 is 4.74 Å². The topological polar surface area (TPSA) is 37.9 Å². The van der Waals surface area contributed by atoms with Gasteiger partial charge >= 0.3 is 0 Å². The van der Waals surface area contributed by atoms with Gasteiger partial charge in [0.05, 0.1) is 5.69 Å². The first-order valence-electron chi connectivity index (χ1n) is 7.11. The van der Waals surface area contributed by atoms with Crippen LogP contribution < -0.4 is 4.74 Å². The molecule has 1 N–H and O–H groups in total. The van der Waals surface area contributed by atoms with E-state index in [0.717, 1.165) is 28.5 Å². The molecule has 0 fully saturated rings. The Morgan fingerprint density at radius 3 is 2.38 bits per heavy atom. The van der Waals surface area contributed by atoms with Gasteiger partial charge in [0.1, 0.15) is 11.5 Å². The molecule has 0 saturated carbocycles. The number of nitrogens with zero attached hydrogens (tertiary/aromatic N) is 1. The Hall–Kier alpha value is -2.55. The van der Waals surface area contributed by atoms with Crippen LogP contribution in [0, 0.1) is 0 Å². The lowest BCUT2D eigenvalue weighted by atomic mass is 10.1. The van der Waals surface area contributed by atoms with Gasteiger partial charge in [0.2, 0.25) is 0 Å². The number of rotatable bonds is 4. The Bertz CT molecular complexity index is 717. The van der Waals surface area contributed by atoms with Gasteiger partial charge in [-0.05, 0) is 36.2 Å². The predicted octanol–water partition coefficient (Wildman–Crippen LogP) is 4.99. The second kappa shape index (κ2) is 5.83. The minimum absolute atomic E-state index is 0.424. The number of aromatic nitrogens is 2. The fraction of sp³-hybridized carbons (Fsp3) is 0.167. The van der Waals surface area contributed by atoms with Gasteiger partial charge in [0, 0.05) is 11.3 Å². The monoisotopic (exact) mass is 278 g/mol. The van der Waals surface area contributed by atoms with Crippen molar-refractivity contribution in [1.29, 1.82) is 0 Å². The van der Waals surface area contributed by atoms with E-state index in [1.54, 1.807) is 0 Å². The molecule has 0 amide bonds. The van der Waals surface area contributed by atoms with Crippen LogP contribution in [0.15, 0.2) is 60.7 Å². The Morgan fingerprint density at radius 1 is 0.952 bits per heavy atom. The molecule has 0 spiro atoms.